The molecule has 3 rings (SSSR count). The Morgan fingerprint density at radius 1 is 0.905 bits per heavy atom. The second kappa shape index (κ2) is 6.73. The summed E-state index contributed by atoms with van der Waals surface area (Å²) >= 11 is 0. The SMILES string of the molecule is C[C@H](C1CCCC1N)P(c1ccccc1)c1ccccc1. The van der Waals surface area contributed by atoms with Crippen molar-refractivity contribution >= 4 is 18.5 Å². The van der Waals surface area contributed by atoms with Gasteiger partial charge in [-0.1, -0.05) is 74.0 Å². The van der Waals surface area contributed by atoms with Gasteiger partial charge in [-0.25, -0.2) is 0 Å². The van der Waals surface area contributed by atoms with Gasteiger partial charge in [-0.3, -0.25) is 0 Å². The Hall–Kier alpha value is -1.17. The van der Waals surface area contributed by atoms with Crippen LogP contribution in [-0.4, -0.2) is 11.7 Å². The first kappa shape index (κ1) is 14.8. The summed E-state index contributed by atoms with van der Waals surface area (Å²) in [4.78, 5) is 0. The largest absolute Gasteiger partial charge is 0.327 e. The Balaban J connectivity index is 1.96. The van der Waals surface area contributed by atoms with Crippen LogP contribution >= 0.6 is 7.92 Å². The molecule has 0 radical (unpaired) electrons. The van der Waals surface area contributed by atoms with Gasteiger partial charge in [0.25, 0.3) is 0 Å². The molecule has 0 aromatic heterocycles. The zero-order chi connectivity index (χ0) is 14.7. The lowest BCUT2D eigenvalue weighted by atomic mass is 10.0. The Bertz CT molecular complexity index is 515. The van der Waals surface area contributed by atoms with Gasteiger partial charge >= 0.3 is 0 Å². The Morgan fingerprint density at radius 3 is 1.86 bits per heavy atom. The third kappa shape index (κ3) is 3.20. The minimum Gasteiger partial charge on any atom is -0.327 e. The lowest BCUT2D eigenvalue weighted by molar-refractivity contribution is 0.475. The highest BCUT2D eigenvalue weighted by atomic mass is 31.1. The smallest absolute Gasteiger partial charge is 0.00733 e. The summed E-state index contributed by atoms with van der Waals surface area (Å²) < 4.78 is 0. The molecule has 0 amide bonds. The van der Waals surface area contributed by atoms with Gasteiger partial charge in [-0.2, -0.15) is 0 Å². The highest BCUT2D eigenvalue weighted by molar-refractivity contribution is 7.73. The maximum absolute atomic E-state index is 6.38. The number of benzene rings is 2. The van der Waals surface area contributed by atoms with Crippen molar-refractivity contribution in [1.29, 1.82) is 0 Å². The molecule has 1 aliphatic rings. The van der Waals surface area contributed by atoms with E-state index in [-0.39, 0.29) is 7.92 Å². The molecule has 1 fully saturated rings. The minimum absolute atomic E-state index is 0.330. The fourth-order valence-electron chi connectivity index (χ4n) is 3.60. The summed E-state index contributed by atoms with van der Waals surface area (Å²) in [7, 11) is -0.330. The average Bonchev–Trinajstić information content (AvgIpc) is 2.96. The highest BCUT2D eigenvalue weighted by Crippen LogP contribution is 2.46. The van der Waals surface area contributed by atoms with Gasteiger partial charge in [-0.05, 0) is 42.9 Å². The zero-order valence-corrected chi connectivity index (χ0v) is 13.5. The van der Waals surface area contributed by atoms with E-state index in [1.165, 1.54) is 29.9 Å². The molecule has 0 spiro atoms. The number of hydrogen-bond acceptors (Lipinski definition) is 1. The molecule has 2 aromatic rings. The molecule has 2 N–H and O–H groups in total. The summed E-state index contributed by atoms with van der Waals surface area (Å²) in [6.45, 7) is 2.42. The zero-order valence-electron chi connectivity index (χ0n) is 12.7. The molecule has 1 nitrogen and oxygen atoms in total. The second-order valence-electron chi connectivity index (χ2n) is 6.04. The van der Waals surface area contributed by atoms with Crippen LogP contribution in [0.3, 0.4) is 0 Å². The highest BCUT2D eigenvalue weighted by Gasteiger charge is 2.34. The van der Waals surface area contributed by atoms with E-state index in [2.05, 4.69) is 67.6 Å². The van der Waals surface area contributed by atoms with Gasteiger partial charge in [0.2, 0.25) is 0 Å². The maximum Gasteiger partial charge on any atom is 0.00733 e. The summed E-state index contributed by atoms with van der Waals surface area (Å²) in [6.07, 6.45) is 3.78. The fraction of sp³-hybridized carbons (Fsp3) is 0.368. The van der Waals surface area contributed by atoms with E-state index in [0.29, 0.717) is 17.6 Å². The molecule has 0 bridgehead atoms. The van der Waals surface area contributed by atoms with Crippen molar-refractivity contribution in [2.75, 3.05) is 0 Å². The quantitative estimate of drug-likeness (QED) is 0.857. The first-order valence-electron chi connectivity index (χ1n) is 7.92. The van der Waals surface area contributed by atoms with Crippen LogP contribution in [-0.2, 0) is 0 Å². The minimum atomic E-state index is -0.330. The van der Waals surface area contributed by atoms with Crippen LogP contribution in [0.2, 0.25) is 0 Å². The van der Waals surface area contributed by atoms with E-state index >= 15 is 0 Å². The van der Waals surface area contributed by atoms with Crippen LogP contribution in [0.1, 0.15) is 26.2 Å². The van der Waals surface area contributed by atoms with Gasteiger partial charge < -0.3 is 5.73 Å². The first-order chi connectivity index (χ1) is 10.3. The third-order valence-electron chi connectivity index (χ3n) is 4.72. The Morgan fingerprint density at radius 2 is 1.43 bits per heavy atom. The fourth-order valence-corrected chi connectivity index (χ4v) is 6.58. The van der Waals surface area contributed by atoms with Crippen molar-refractivity contribution in [3.63, 3.8) is 0 Å². The molecule has 2 unspecified atom stereocenters. The van der Waals surface area contributed by atoms with Crippen LogP contribution < -0.4 is 16.3 Å². The summed E-state index contributed by atoms with van der Waals surface area (Å²) in [5, 5.41) is 2.95. The van der Waals surface area contributed by atoms with Gasteiger partial charge in [0.05, 0.1) is 0 Å². The molecule has 21 heavy (non-hydrogen) atoms. The van der Waals surface area contributed by atoms with E-state index in [1.807, 2.05) is 0 Å². The van der Waals surface area contributed by atoms with Crippen LogP contribution in [0.15, 0.2) is 60.7 Å². The molecule has 2 heteroatoms. The molecule has 0 aliphatic heterocycles. The average molecular weight is 297 g/mol. The molecule has 2 aromatic carbocycles. The standard InChI is InChI=1S/C19H24NP/c1-15(18-13-8-14-19(18)20)21(16-9-4-2-5-10-16)17-11-6-3-7-12-17/h2-7,9-12,15,18-19H,8,13-14,20H2,1H3/t15-,18?,19?/m1/s1. The number of hydrogen-bond donors (Lipinski definition) is 1. The van der Waals surface area contributed by atoms with Crippen molar-refractivity contribution < 1.29 is 0 Å². The normalized spacial score (nSPS) is 23.4. The number of rotatable bonds is 4. The van der Waals surface area contributed by atoms with Gasteiger partial charge in [0, 0.05) is 6.04 Å². The van der Waals surface area contributed by atoms with Crippen LogP contribution in [0.5, 0.6) is 0 Å². The van der Waals surface area contributed by atoms with Gasteiger partial charge in [-0.15, -0.1) is 0 Å². The van der Waals surface area contributed by atoms with Crippen molar-refractivity contribution in [3.8, 4) is 0 Å². The summed E-state index contributed by atoms with van der Waals surface area (Å²) in [5.74, 6) is 0.663. The molecule has 0 saturated heterocycles. The number of nitrogens with two attached hydrogens (primary N) is 1. The molecule has 1 aliphatic carbocycles. The van der Waals surface area contributed by atoms with E-state index in [0.717, 1.165) is 0 Å². The van der Waals surface area contributed by atoms with E-state index in [9.17, 15) is 0 Å². The maximum atomic E-state index is 6.38. The summed E-state index contributed by atoms with van der Waals surface area (Å²) in [6, 6.07) is 22.4. The molecule has 1 saturated carbocycles. The molecular weight excluding hydrogens is 273 g/mol. The second-order valence-corrected chi connectivity index (χ2v) is 8.63. The lowest BCUT2D eigenvalue weighted by Crippen LogP contribution is -2.34. The van der Waals surface area contributed by atoms with Crippen LogP contribution in [0.25, 0.3) is 0 Å². The first-order valence-corrected chi connectivity index (χ1v) is 9.33. The van der Waals surface area contributed by atoms with Crippen LogP contribution in [0, 0.1) is 5.92 Å². The molecule has 110 valence electrons. The Labute approximate surface area is 129 Å². The van der Waals surface area contributed by atoms with Crippen LogP contribution in [0.4, 0.5) is 0 Å². The predicted octanol–water partition coefficient (Wildman–Crippen LogP) is 3.64. The monoisotopic (exact) mass is 297 g/mol. The van der Waals surface area contributed by atoms with Gasteiger partial charge in [0.15, 0.2) is 0 Å². The Kier molecular flexibility index (Phi) is 4.73. The van der Waals surface area contributed by atoms with Crippen molar-refractivity contribution in [2.24, 2.45) is 11.7 Å². The molecular formula is C19H24NP. The summed E-state index contributed by atoms with van der Waals surface area (Å²) in [5.41, 5.74) is 7.03. The molecule has 3 atom stereocenters. The van der Waals surface area contributed by atoms with Gasteiger partial charge in [0.1, 0.15) is 0 Å². The topological polar surface area (TPSA) is 26.0 Å². The van der Waals surface area contributed by atoms with E-state index in [1.54, 1.807) is 0 Å². The lowest BCUT2D eigenvalue weighted by Gasteiger charge is -2.32. The van der Waals surface area contributed by atoms with E-state index < -0.39 is 0 Å². The third-order valence-corrected chi connectivity index (χ3v) is 7.63. The molecule has 0 heterocycles. The van der Waals surface area contributed by atoms with Crippen molar-refractivity contribution in [1.82, 2.24) is 0 Å². The van der Waals surface area contributed by atoms with E-state index in [4.69, 9.17) is 5.73 Å². The predicted molar refractivity (Wildman–Crippen MR) is 93.9 cm³/mol. The van der Waals surface area contributed by atoms with Crippen molar-refractivity contribution in [2.45, 2.75) is 37.9 Å². The van der Waals surface area contributed by atoms with Crippen molar-refractivity contribution in [3.05, 3.63) is 60.7 Å².